The number of hydrogen-bond donors (Lipinski definition) is 0. The number of aromatic nitrogens is 2. The molecular formula is C18H19FN4O2. The van der Waals surface area contributed by atoms with Crippen molar-refractivity contribution in [3.05, 3.63) is 42.1 Å². The third-order valence-electron chi connectivity index (χ3n) is 4.86. The molecule has 0 atom stereocenters. The molecule has 0 radical (unpaired) electrons. The minimum Gasteiger partial charge on any atom is -0.378 e. The number of morpholine rings is 1. The number of ether oxygens (including phenoxy) is 1. The van der Waals surface area contributed by atoms with Crippen LogP contribution < -0.4 is 9.80 Å². The van der Waals surface area contributed by atoms with Gasteiger partial charge < -0.3 is 9.64 Å². The zero-order chi connectivity index (χ0) is 17.6. The number of nitrogens with zero attached hydrogens (tertiary/aromatic N) is 4. The first kappa shape index (κ1) is 16.0. The molecule has 1 aromatic carbocycles. The highest BCUT2D eigenvalue weighted by Gasteiger charge is 2.46. The zero-order valence-corrected chi connectivity index (χ0v) is 14.2. The molecule has 130 valence electrons. The van der Waals surface area contributed by atoms with Crippen molar-refractivity contribution in [1.29, 1.82) is 0 Å². The van der Waals surface area contributed by atoms with Gasteiger partial charge in [0, 0.05) is 30.9 Å². The average Bonchev–Trinajstić information content (AvgIpc) is 2.82. The van der Waals surface area contributed by atoms with Crippen molar-refractivity contribution in [1.82, 2.24) is 9.97 Å². The Morgan fingerprint density at radius 1 is 1.24 bits per heavy atom. The topological polar surface area (TPSA) is 58.6 Å². The van der Waals surface area contributed by atoms with Crippen molar-refractivity contribution in [2.24, 2.45) is 0 Å². The van der Waals surface area contributed by atoms with E-state index in [1.807, 2.05) is 18.7 Å². The molecule has 1 amide bonds. The van der Waals surface area contributed by atoms with Crippen LogP contribution in [0.3, 0.4) is 0 Å². The maximum absolute atomic E-state index is 14.7. The predicted molar refractivity (Wildman–Crippen MR) is 91.6 cm³/mol. The van der Waals surface area contributed by atoms with Crippen LogP contribution in [0.25, 0.3) is 0 Å². The van der Waals surface area contributed by atoms with Crippen molar-refractivity contribution in [2.45, 2.75) is 19.3 Å². The molecule has 7 heteroatoms. The first-order valence-electron chi connectivity index (χ1n) is 8.27. The van der Waals surface area contributed by atoms with Crippen molar-refractivity contribution in [3.8, 4) is 0 Å². The maximum atomic E-state index is 14.7. The summed E-state index contributed by atoms with van der Waals surface area (Å²) in [7, 11) is 0. The molecule has 2 aliphatic heterocycles. The summed E-state index contributed by atoms with van der Waals surface area (Å²) in [6, 6.07) is 4.88. The molecular weight excluding hydrogens is 323 g/mol. The van der Waals surface area contributed by atoms with Gasteiger partial charge >= 0.3 is 0 Å². The van der Waals surface area contributed by atoms with Gasteiger partial charge in [-0.25, -0.2) is 14.4 Å². The smallest absolute Gasteiger partial charge is 0.243 e. The summed E-state index contributed by atoms with van der Waals surface area (Å²) in [6.07, 6.45) is 3.05. The monoisotopic (exact) mass is 342 g/mol. The highest BCUT2D eigenvalue weighted by atomic mass is 19.1. The summed E-state index contributed by atoms with van der Waals surface area (Å²) in [6.45, 7) is 6.14. The number of rotatable bonds is 2. The van der Waals surface area contributed by atoms with Gasteiger partial charge in [0.25, 0.3) is 0 Å². The molecule has 0 N–H and O–H groups in total. The van der Waals surface area contributed by atoms with E-state index >= 15 is 0 Å². The van der Waals surface area contributed by atoms with E-state index in [1.54, 1.807) is 18.3 Å². The fourth-order valence-electron chi connectivity index (χ4n) is 3.37. The third kappa shape index (κ3) is 2.46. The number of fused-ring (bicyclic) bond motifs is 1. The first-order valence-corrected chi connectivity index (χ1v) is 8.27. The lowest BCUT2D eigenvalue weighted by atomic mass is 9.88. The summed E-state index contributed by atoms with van der Waals surface area (Å²) in [5.74, 6) is 0.0255. The summed E-state index contributed by atoms with van der Waals surface area (Å²) < 4.78 is 20.0. The van der Waals surface area contributed by atoms with Crippen LogP contribution in [0.2, 0.25) is 0 Å². The van der Waals surface area contributed by atoms with E-state index in [-0.39, 0.29) is 11.7 Å². The fourth-order valence-corrected chi connectivity index (χ4v) is 3.37. The molecule has 0 spiro atoms. The van der Waals surface area contributed by atoms with Gasteiger partial charge in [0.15, 0.2) is 0 Å². The molecule has 1 saturated heterocycles. The van der Waals surface area contributed by atoms with Gasteiger partial charge in [-0.15, -0.1) is 0 Å². The summed E-state index contributed by atoms with van der Waals surface area (Å²) in [4.78, 5) is 24.6. The largest absolute Gasteiger partial charge is 0.378 e. The van der Waals surface area contributed by atoms with Crippen LogP contribution in [0.5, 0.6) is 0 Å². The van der Waals surface area contributed by atoms with Gasteiger partial charge in [-0.1, -0.05) is 0 Å². The molecule has 0 unspecified atom stereocenters. The Balaban J connectivity index is 1.73. The van der Waals surface area contributed by atoms with E-state index in [9.17, 15) is 9.18 Å². The van der Waals surface area contributed by atoms with Crippen LogP contribution in [0.15, 0.2) is 30.7 Å². The molecule has 0 aliphatic carbocycles. The van der Waals surface area contributed by atoms with Crippen LogP contribution in [0.4, 0.5) is 21.6 Å². The fraction of sp³-hybridized carbons (Fsp3) is 0.389. The Morgan fingerprint density at radius 2 is 2.00 bits per heavy atom. The Labute approximate surface area is 145 Å². The van der Waals surface area contributed by atoms with Gasteiger partial charge in [0.1, 0.15) is 18.0 Å². The molecule has 2 aromatic rings. The maximum Gasteiger partial charge on any atom is 0.243 e. The normalized spacial score (nSPS) is 19.2. The highest BCUT2D eigenvalue weighted by molar-refractivity contribution is 6.11. The molecule has 25 heavy (non-hydrogen) atoms. The number of anilines is 3. The number of benzene rings is 1. The van der Waals surface area contributed by atoms with Gasteiger partial charge in [-0.05, 0) is 26.0 Å². The van der Waals surface area contributed by atoms with Gasteiger partial charge in [0.05, 0.1) is 30.0 Å². The van der Waals surface area contributed by atoms with Crippen LogP contribution in [0, 0.1) is 5.82 Å². The lowest BCUT2D eigenvalue weighted by molar-refractivity contribution is -0.121. The molecule has 6 nitrogen and oxygen atoms in total. The van der Waals surface area contributed by atoms with E-state index in [4.69, 9.17) is 4.74 Å². The molecule has 2 aliphatic rings. The second-order valence-electron chi connectivity index (χ2n) is 6.76. The third-order valence-corrected chi connectivity index (χ3v) is 4.86. The molecule has 0 saturated carbocycles. The standard InChI is InChI=1S/C18H19FN4O2/c1-18(2)13-10-20-11-21-16(13)23(17(18)24)12-3-4-15(14(19)9-12)22-5-7-25-8-6-22/h3-4,9-11H,5-8H2,1-2H3. The zero-order valence-electron chi connectivity index (χ0n) is 14.2. The lowest BCUT2D eigenvalue weighted by Crippen LogP contribution is -2.37. The number of amides is 1. The number of carbonyl (C=O) groups excluding carboxylic acids is 1. The second kappa shape index (κ2) is 5.77. The van der Waals surface area contributed by atoms with Gasteiger partial charge in [-0.2, -0.15) is 0 Å². The van der Waals surface area contributed by atoms with Crippen molar-refractivity contribution in [3.63, 3.8) is 0 Å². The SMILES string of the molecule is CC1(C)C(=O)N(c2ccc(N3CCOCC3)c(F)c2)c2ncncc21. The number of halogens is 1. The van der Waals surface area contributed by atoms with Crippen molar-refractivity contribution < 1.29 is 13.9 Å². The van der Waals surface area contributed by atoms with E-state index in [0.29, 0.717) is 43.5 Å². The van der Waals surface area contributed by atoms with Crippen molar-refractivity contribution in [2.75, 3.05) is 36.1 Å². The van der Waals surface area contributed by atoms with Crippen molar-refractivity contribution >= 4 is 23.1 Å². The summed E-state index contributed by atoms with van der Waals surface area (Å²) >= 11 is 0. The minimum atomic E-state index is -0.740. The molecule has 3 heterocycles. The molecule has 0 bridgehead atoms. The Kier molecular flexibility index (Phi) is 3.68. The van der Waals surface area contributed by atoms with E-state index in [1.165, 1.54) is 17.3 Å². The van der Waals surface area contributed by atoms with Crippen LogP contribution in [-0.2, 0) is 14.9 Å². The van der Waals surface area contributed by atoms with Crippen LogP contribution >= 0.6 is 0 Å². The van der Waals surface area contributed by atoms with Gasteiger partial charge in [-0.3, -0.25) is 9.69 Å². The van der Waals surface area contributed by atoms with E-state index in [2.05, 4.69) is 9.97 Å². The Morgan fingerprint density at radius 3 is 2.72 bits per heavy atom. The van der Waals surface area contributed by atoms with E-state index < -0.39 is 5.41 Å². The predicted octanol–water partition coefficient (Wildman–Crippen LogP) is 2.41. The quantitative estimate of drug-likeness (QED) is 0.839. The summed E-state index contributed by atoms with van der Waals surface area (Å²) in [5.41, 5.74) is 1.01. The molecule has 1 aromatic heterocycles. The molecule has 4 rings (SSSR count). The van der Waals surface area contributed by atoms with Gasteiger partial charge in [0.2, 0.25) is 5.91 Å². The van der Waals surface area contributed by atoms with Crippen LogP contribution in [-0.4, -0.2) is 42.2 Å². The lowest BCUT2D eigenvalue weighted by Gasteiger charge is -2.29. The Hall–Kier alpha value is -2.54. The molecule has 1 fully saturated rings. The minimum absolute atomic E-state index is 0.137. The number of carbonyl (C=O) groups is 1. The first-order chi connectivity index (χ1) is 12.0. The second-order valence-corrected chi connectivity index (χ2v) is 6.76. The Bertz CT molecular complexity index is 834. The highest BCUT2D eigenvalue weighted by Crippen LogP contribution is 2.44. The average molecular weight is 342 g/mol. The van der Waals surface area contributed by atoms with Crippen LogP contribution in [0.1, 0.15) is 19.4 Å². The summed E-state index contributed by atoms with van der Waals surface area (Å²) in [5, 5.41) is 0. The van der Waals surface area contributed by atoms with E-state index in [0.717, 1.165) is 5.56 Å². The number of hydrogen-bond acceptors (Lipinski definition) is 5.